The zero-order chi connectivity index (χ0) is 32.0. The molecule has 0 amide bonds. The molecule has 3 heteroatoms. The van der Waals surface area contributed by atoms with Gasteiger partial charge in [0, 0.05) is 27.8 Å². The second-order valence-corrected chi connectivity index (χ2v) is 11.6. The number of aldehydes is 1. The molecule has 0 N–H and O–H groups in total. The third-order valence-corrected chi connectivity index (χ3v) is 8.10. The molecular weight excluding hydrogens is 564 g/mol. The van der Waals surface area contributed by atoms with Gasteiger partial charge in [0.05, 0.1) is 13.2 Å². The fraction of sp³-hybridized carbons (Fsp3) is 0.279. The Morgan fingerprint density at radius 3 is 1.50 bits per heavy atom. The van der Waals surface area contributed by atoms with Gasteiger partial charge < -0.3 is 9.47 Å². The lowest BCUT2D eigenvalue weighted by Crippen LogP contribution is -2.03. The molecular formula is C43H42O3. The Morgan fingerprint density at radius 1 is 0.522 bits per heavy atom. The Bertz CT molecular complexity index is 1840. The van der Waals surface area contributed by atoms with Crippen LogP contribution in [0.2, 0.25) is 0 Å². The largest absolute Gasteiger partial charge is 0.490 e. The van der Waals surface area contributed by atoms with Gasteiger partial charge in [-0.15, -0.1) is 0 Å². The van der Waals surface area contributed by atoms with Crippen molar-refractivity contribution in [2.24, 2.45) is 0 Å². The number of carbonyl (C=O) groups excluding carboxylic acids is 1. The summed E-state index contributed by atoms with van der Waals surface area (Å²) in [5.41, 5.74) is 4.33. The summed E-state index contributed by atoms with van der Waals surface area (Å²) in [6.45, 7) is 5.80. The normalized spacial score (nSPS) is 10.6. The highest BCUT2D eigenvalue weighted by molar-refractivity contribution is 6.09. The lowest BCUT2D eigenvalue weighted by molar-refractivity contribution is 0.112. The minimum Gasteiger partial charge on any atom is -0.490 e. The van der Waals surface area contributed by atoms with E-state index in [4.69, 9.17) is 9.47 Å². The average Bonchev–Trinajstić information content (AvgIpc) is 3.10. The SMILES string of the molecule is CCCCCCOc1ccc(C#Cc2c3ccccc3c(C#Cc3ccc(C=O)cc3)c3ccccc23)cc1OCCCCCC. The topological polar surface area (TPSA) is 35.5 Å². The van der Waals surface area contributed by atoms with Crippen LogP contribution in [0.4, 0.5) is 0 Å². The maximum Gasteiger partial charge on any atom is 0.162 e. The zero-order valence-electron chi connectivity index (χ0n) is 27.0. The number of rotatable bonds is 13. The van der Waals surface area contributed by atoms with Crippen LogP contribution in [0.15, 0.2) is 91.0 Å². The second kappa shape index (κ2) is 16.9. The fourth-order valence-corrected chi connectivity index (χ4v) is 5.55. The molecule has 0 spiro atoms. The number of hydrogen-bond donors (Lipinski definition) is 0. The highest BCUT2D eigenvalue weighted by atomic mass is 16.5. The predicted octanol–water partition coefficient (Wildman–Crippen LogP) is 10.5. The van der Waals surface area contributed by atoms with Gasteiger partial charge in [-0.3, -0.25) is 4.79 Å². The highest BCUT2D eigenvalue weighted by Crippen LogP contribution is 2.33. The number of fused-ring (bicyclic) bond motifs is 2. The van der Waals surface area contributed by atoms with E-state index in [-0.39, 0.29) is 0 Å². The molecule has 3 nitrogen and oxygen atoms in total. The van der Waals surface area contributed by atoms with Gasteiger partial charge in [-0.05, 0) is 64.7 Å². The van der Waals surface area contributed by atoms with E-state index in [0.717, 1.165) is 80.8 Å². The second-order valence-electron chi connectivity index (χ2n) is 11.6. The summed E-state index contributed by atoms with van der Waals surface area (Å²) < 4.78 is 12.4. The van der Waals surface area contributed by atoms with Crippen molar-refractivity contribution in [3.05, 3.63) is 119 Å². The lowest BCUT2D eigenvalue weighted by atomic mass is 9.92. The molecule has 0 bridgehead atoms. The third-order valence-electron chi connectivity index (χ3n) is 8.10. The maximum atomic E-state index is 11.1. The molecule has 0 saturated carbocycles. The van der Waals surface area contributed by atoms with Crippen molar-refractivity contribution in [3.63, 3.8) is 0 Å². The van der Waals surface area contributed by atoms with Crippen molar-refractivity contribution in [1.29, 1.82) is 0 Å². The molecule has 0 radical (unpaired) electrons. The molecule has 0 aromatic heterocycles. The van der Waals surface area contributed by atoms with Crippen LogP contribution in [0, 0.1) is 23.7 Å². The number of unbranched alkanes of at least 4 members (excludes halogenated alkanes) is 6. The Kier molecular flexibility index (Phi) is 11.9. The summed E-state index contributed by atoms with van der Waals surface area (Å²) in [7, 11) is 0. The van der Waals surface area contributed by atoms with Crippen LogP contribution in [0.5, 0.6) is 11.5 Å². The van der Waals surface area contributed by atoms with Gasteiger partial charge in [-0.1, -0.05) is 137 Å². The molecule has 5 aromatic rings. The molecule has 0 heterocycles. The molecule has 0 aliphatic carbocycles. The third kappa shape index (κ3) is 8.38. The first kappa shape index (κ1) is 32.4. The Balaban J connectivity index is 1.50. The maximum absolute atomic E-state index is 11.1. The molecule has 0 fully saturated rings. The van der Waals surface area contributed by atoms with Crippen LogP contribution in [-0.2, 0) is 0 Å². The molecule has 232 valence electrons. The van der Waals surface area contributed by atoms with Crippen molar-refractivity contribution in [2.45, 2.75) is 65.2 Å². The first-order valence-corrected chi connectivity index (χ1v) is 16.6. The van der Waals surface area contributed by atoms with Gasteiger partial charge in [0.25, 0.3) is 0 Å². The Labute approximate surface area is 273 Å². The first-order valence-electron chi connectivity index (χ1n) is 16.6. The van der Waals surface area contributed by atoms with Gasteiger partial charge in [-0.2, -0.15) is 0 Å². The minimum atomic E-state index is 0.639. The van der Waals surface area contributed by atoms with Crippen molar-refractivity contribution in [3.8, 4) is 35.2 Å². The van der Waals surface area contributed by atoms with Crippen LogP contribution < -0.4 is 9.47 Å². The van der Waals surface area contributed by atoms with E-state index in [1.165, 1.54) is 32.1 Å². The van der Waals surface area contributed by atoms with Crippen LogP contribution in [0.25, 0.3) is 21.5 Å². The van der Waals surface area contributed by atoms with Crippen LogP contribution in [-0.4, -0.2) is 19.5 Å². The summed E-state index contributed by atoms with van der Waals surface area (Å²) in [6, 6.07) is 30.1. The van der Waals surface area contributed by atoms with E-state index in [0.29, 0.717) is 18.8 Å². The Morgan fingerprint density at radius 2 is 1.00 bits per heavy atom. The molecule has 46 heavy (non-hydrogen) atoms. The smallest absolute Gasteiger partial charge is 0.162 e. The van der Waals surface area contributed by atoms with E-state index in [2.05, 4.69) is 73.9 Å². The summed E-state index contributed by atoms with van der Waals surface area (Å²) in [6.07, 6.45) is 10.1. The first-order chi connectivity index (χ1) is 22.7. The number of ether oxygens (including phenoxy) is 2. The number of hydrogen-bond acceptors (Lipinski definition) is 3. The number of carbonyl (C=O) groups is 1. The van der Waals surface area contributed by atoms with Gasteiger partial charge >= 0.3 is 0 Å². The zero-order valence-corrected chi connectivity index (χ0v) is 27.0. The molecule has 0 aliphatic rings. The van der Waals surface area contributed by atoms with Gasteiger partial charge in [0.2, 0.25) is 0 Å². The molecule has 0 saturated heterocycles. The average molecular weight is 607 g/mol. The standard InChI is InChI=1S/C43H42O3/c1-3-5-7-13-29-45-42-28-25-34(31-43(42)46-30-14-8-6-4-2)24-27-41-38-17-11-9-15-36(38)40(37-16-10-12-18-39(37)41)26-23-33-19-21-35(32-44)22-20-33/h9-12,15-22,25,28,31-32H,3-8,13-14,29-30H2,1-2H3. The summed E-state index contributed by atoms with van der Waals surface area (Å²) in [4.78, 5) is 11.1. The van der Waals surface area contributed by atoms with Gasteiger partial charge in [0.1, 0.15) is 6.29 Å². The predicted molar refractivity (Wildman–Crippen MR) is 191 cm³/mol. The lowest BCUT2D eigenvalue weighted by Gasteiger charge is -2.13. The molecule has 5 aromatic carbocycles. The fourth-order valence-electron chi connectivity index (χ4n) is 5.55. The quantitative estimate of drug-likeness (QED) is 0.0579. The summed E-state index contributed by atoms with van der Waals surface area (Å²) in [5, 5.41) is 4.25. The van der Waals surface area contributed by atoms with Crippen molar-refractivity contribution >= 4 is 27.8 Å². The van der Waals surface area contributed by atoms with E-state index < -0.39 is 0 Å². The number of benzene rings is 5. The highest BCUT2D eigenvalue weighted by Gasteiger charge is 2.12. The minimum absolute atomic E-state index is 0.639. The van der Waals surface area contributed by atoms with E-state index >= 15 is 0 Å². The van der Waals surface area contributed by atoms with Gasteiger partial charge in [0.15, 0.2) is 11.5 Å². The molecule has 0 atom stereocenters. The Hall–Kier alpha value is -4.99. The van der Waals surface area contributed by atoms with E-state index in [9.17, 15) is 4.79 Å². The van der Waals surface area contributed by atoms with Crippen molar-refractivity contribution in [1.82, 2.24) is 0 Å². The molecule has 0 unspecified atom stereocenters. The van der Waals surface area contributed by atoms with Crippen molar-refractivity contribution < 1.29 is 14.3 Å². The van der Waals surface area contributed by atoms with Crippen molar-refractivity contribution in [2.75, 3.05) is 13.2 Å². The van der Waals surface area contributed by atoms with E-state index in [1.54, 1.807) is 12.1 Å². The molecule has 0 aliphatic heterocycles. The van der Waals surface area contributed by atoms with E-state index in [1.807, 2.05) is 42.5 Å². The molecule has 5 rings (SSSR count). The summed E-state index contributed by atoms with van der Waals surface area (Å²) >= 11 is 0. The monoisotopic (exact) mass is 606 g/mol. The van der Waals surface area contributed by atoms with Crippen LogP contribution >= 0.6 is 0 Å². The van der Waals surface area contributed by atoms with Gasteiger partial charge in [-0.25, -0.2) is 0 Å². The summed E-state index contributed by atoms with van der Waals surface area (Å²) in [5.74, 6) is 15.3. The van der Waals surface area contributed by atoms with Crippen LogP contribution in [0.3, 0.4) is 0 Å². The van der Waals surface area contributed by atoms with Crippen LogP contribution in [0.1, 0.15) is 97.8 Å².